The van der Waals surface area contributed by atoms with Crippen molar-refractivity contribution in [3.63, 3.8) is 0 Å². The van der Waals surface area contributed by atoms with Crippen molar-refractivity contribution < 1.29 is 14.6 Å². The molecular formula is C19H28N2O3. The minimum Gasteiger partial charge on any atom is -0.487 e. The Hall–Kier alpha value is -1.14. The summed E-state index contributed by atoms with van der Waals surface area (Å²) in [5.41, 5.74) is 1.21. The first-order valence-electron chi connectivity index (χ1n) is 9.23. The Morgan fingerprint density at radius 2 is 2.08 bits per heavy atom. The largest absolute Gasteiger partial charge is 0.487 e. The Kier molecular flexibility index (Phi) is 4.77. The number of hydrogen-bond donors (Lipinski definition) is 2. The molecule has 1 aromatic carbocycles. The summed E-state index contributed by atoms with van der Waals surface area (Å²) in [5, 5.41) is 13.0. The molecular weight excluding hydrogens is 304 g/mol. The van der Waals surface area contributed by atoms with Gasteiger partial charge in [0.25, 0.3) is 0 Å². The molecule has 0 saturated carbocycles. The predicted octanol–water partition coefficient (Wildman–Crippen LogP) is 1.72. The van der Waals surface area contributed by atoms with Crippen molar-refractivity contribution in [2.45, 2.75) is 43.4 Å². The van der Waals surface area contributed by atoms with E-state index in [9.17, 15) is 0 Å². The average molecular weight is 332 g/mol. The van der Waals surface area contributed by atoms with E-state index >= 15 is 0 Å². The van der Waals surface area contributed by atoms with Gasteiger partial charge in [-0.15, -0.1) is 0 Å². The lowest BCUT2D eigenvalue weighted by atomic mass is 9.80. The van der Waals surface area contributed by atoms with Crippen molar-refractivity contribution >= 4 is 0 Å². The van der Waals surface area contributed by atoms with Gasteiger partial charge in [0.15, 0.2) is 0 Å². The normalized spacial score (nSPS) is 29.4. The van der Waals surface area contributed by atoms with Crippen LogP contribution < -0.4 is 10.1 Å². The molecule has 0 unspecified atom stereocenters. The molecule has 2 saturated heterocycles. The molecule has 2 fully saturated rings. The first kappa shape index (κ1) is 16.3. The van der Waals surface area contributed by atoms with Gasteiger partial charge in [0.2, 0.25) is 0 Å². The molecule has 24 heavy (non-hydrogen) atoms. The third-order valence-electron chi connectivity index (χ3n) is 5.75. The lowest BCUT2D eigenvalue weighted by Crippen LogP contribution is -2.53. The molecule has 132 valence electrons. The van der Waals surface area contributed by atoms with Gasteiger partial charge >= 0.3 is 0 Å². The molecule has 3 heterocycles. The summed E-state index contributed by atoms with van der Waals surface area (Å²) in [6, 6.07) is 9.25. The van der Waals surface area contributed by atoms with Crippen LogP contribution >= 0.6 is 0 Å². The van der Waals surface area contributed by atoms with Crippen molar-refractivity contribution in [1.29, 1.82) is 0 Å². The number of hydrogen-bond acceptors (Lipinski definition) is 5. The molecule has 0 aliphatic carbocycles. The van der Waals surface area contributed by atoms with Gasteiger partial charge in [0, 0.05) is 50.3 Å². The van der Waals surface area contributed by atoms with E-state index in [0.717, 1.165) is 64.3 Å². The van der Waals surface area contributed by atoms with Crippen molar-refractivity contribution in [2.75, 3.05) is 39.5 Å². The highest BCUT2D eigenvalue weighted by Gasteiger charge is 2.43. The van der Waals surface area contributed by atoms with Gasteiger partial charge in [-0.25, -0.2) is 0 Å². The number of aliphatic hydroxyl groups is 1. The Bertz CT molecular complexity index is 551. The van der Waals surface area contributed by atoms with Gasteiger partial charge in [-0.2, -0.15) is 0 Å². The fourth-order valence-electron chi connectivity index (χ4n) is 4.35. The second kappa shape index (κ2) is 7.00. The van der Waals surface area contributed by atoms with E-state index in [1.165, 1.54) is 5.56 Å². The number of likely N-dealkylation sites (tertiary alicyclic amines) is 1. The average Bonchev–Trinajstić information content (AvgIpc) is 3.10. The highest BCUT2D eigenvalue weighted by molar-refractivity contribution is 5.39. The van der Waals surface area contributed by atoms with Gasteiger partial charge in [0.1, 0.15) is 11.4 Å². The fraction of sp³-hybridized carbons (Fsp3) is 0.684. The number of nitrogens with one attached hydrogen (secondary N) is 1. The summed E-state index contributed by atoms with van der Waals surface area (Å²) in [6.07, 6.45) is 4.17. The topological polar surface area (TPSA) is 54.0 Å². The van der Waals surface area contributed by atoms with Gasteiger partial charge in [-0.05, 0) is 25.3 Å². The third kappa shape index (κ3) is 3.31. The number of nitrogens with zero attached hydrogens (tertiary/aromatic N) is 1. The number of aliphatic hydroxyl groups excluding tert-OH is 1. The SMILES string of the molecule is OCCN1CCC2(CC1)C[C@H](N[C@H]1CCOC1)c1ccccc1O2. The Labute approximate surface area is 143 Å². The molecule has 5 heteroatoms. The smallest absolute Gasteiger partial charge is 0.124 e. The molecule has 3 aliphatic rings. The lowest BCUT2D eigenvalue weighted by Gasteiger charge is -2.47. The molecule has 0 amide bonds. The van der Waals surface area contributed by atoms with E-state index < -0.39 is 0 Å². The molecule has 1 aromatic rings. The Morgan fingerprint density at radius 1 is 1.25 bits per heavy atom. The molecule has 2 N–H and O–H groups in total. The number of rotatable bonds is 4. The maximum atomic E-state index is 9.16. The van der Waals surface area contributed by atoms with Crippen LogP contribution in [0.1, 0.15) is 37.3 Å². The van der Waals surface area contributed by atoms with Crippen molar-refractivity contribution in [2.24, 2.45) is 0 Å². The fourth-order valence-corrected chi connectivity index (χ4v) is 4.35. The summed E-state index contributed by atoms with van der Waals surface area (Å²) in [5.74, 6) is 1.04. The first-order chi connectivity index (χ1) is 11.8. The van der Waals surface area contributed by atoms with Crippen LogP contribution in [0.25, 0.3) is 0 Å². The second-order valence-corrected chi connectivity index (χ2v) is 7.37. The molecule has 4 rings (SSSR count). The van der Waals surface area contributed by atoms with E-state index in [0.29, 0.717) is 12.1 Å². The molecule has 3 aliphatic heterocycles. The number of β-amino-alcohol motifs (C(OH)–C–C–N with tert-alkyl or cyclic N) is 1. The van der Waals surface area contributed by atoms with Crippen LogP contribution in [-0.2, 0) is 4.74 Å². The molecule has 2 atom stereocenters. The number of benzene rings is 1. The summed E-state index contributed by atoms with van der Waals surface area (Å²) in [4.78, 5) is 2.34. The van der Waals surface area contributed by atoms with Crippen LogP contribution in [0.3, 0.4) is 0 Å². The highest BCUT2D eigenvalue weighted by Crippen LogP contribution is 2.44. The monoisotopic (exact) mass is 332 g/mol. The third-order valence-corrected chi connectivity index (χ3v) is 5.75. The maximum absolute atomic E-state index is 9.16. The number of fused-ring (bicyclic) bond motifs is 1. The van der Waals surface area contributed by atoms with Gasteiger partial charge in [-0.3, -0.25) is 0 Å². The maximum Gasteiger partial charge on any atom is 0.124 e. The standard InChI is InChI=1S/C19H28N2O3/c22-11-10-21-8-6-19(7-9-21)13-17(20-15-5-12-23-14-15)16-3-1-2-4-18(16)24-19/h1-4,15,17,20,22H,5-14H2/t15-,17-/m0/s1. The van der Waals surface area contributed by atoms with E-state index in [-0.39, 0.29) is 12.2 Å². The minimum absolute atomic E-state index is 0.0720. The quantitative estimate of drug-likeness (QED) is 0.879. The number of para-hydroxylation sites is 1. The van der Waals surface area contributed by atoms with Crippen molar-refractivity contribution in [1.82, 2.24) is 10.2 Å². The lowest BCUT2D eigenvalue weighted by molar-refractivity contribution is -0.0288. The van der Waals surface area contributed by atoms with Crippen LogP contribution in [0.15, 0.2) is 24.3 Å². The van der Waals surface area contributed by atoms with Crippen LogP contribution in [0.2, 0.25) is 0 Å². The highest BCUT2D eigenvalue weighted by atomic mass is 16.5. The van der Waals surface area contributed by atoms with E-state index in [1.807, 2.05) is 0 Å². The molecule has 0 aromatic heterocycles. The summed E-state index contributed by atoms with van der Waals surface area (Å²) < 4.78 is 12.1. The summed E-state index contributed by atoms with van der Waals surface area (Å²) in [7, 11) is 0. The van der Waals surface area contributed by atoms with Crippen LogP contribution in [-0.4, -0.2) is 61.1 Å². The minimum atomic E-state index is -0.0720. The summed E-state index contributed by atoms with van der Waals surface area (Å²) in [6.45, 7) is 4.70. The van der Waals surface area contributed by atoms with Crippen molar-refractivity contribution in [3.8, 4) is 5.75 Å². The van der Waals surface area contributed by atoms with Crippen molar-refractivity contribution in [3.05, 3.63) is 29.8 Å². The predicted molar refractivity (Wildman–Crippen MR) is 92.3 cm³/mol. The van der Waals surface area contributed by atoms with Crippen LogP contribution in [0.5, 0.6) is 5.75 Å². The molecule has 0 bridgehead atoms. The molecule has 5 nitrogen and oxygen atoms in total. The van der Waals surface area contributed by atoms with Gasteiger partial charge in [0.05, 0.1) is 13.2 Å². The summed E-state index contributed by atoms with van der Waals surface area (Å²) >= 11 is 0. The van der Waals surface area contributed by atoms with Gasteiger partial charge < -0.3 is 24.8 Å². The zero-order valence-corrected chi connectivity index (χ0v) is 14.2. The molecule has 1 spiro atoms. The number of ether oxygens (including phenoxy) is 2. The second-order valence-electron chi connectivity index (χ2n) is 7.37. The Balaban J connectivity index is 1.52. The van der Waals surface area contributed by atoms with E-state index in [1.54, 1.807) is 0 Å². The zero-order valence-electron chi connectivity index (χ0n) is 14.2. The van der Waals surface area contributed by atoms with Crippen LogP contribution in [0, 0.1) is 0 Å². The Morgan fingerprint density at radius 3 is 2.83 bits per heavy atom. The van der Waals surface area contributed by atoms with E-state index in [4.69, 9.17) is 14.6 Å². The first-order valence-corrected chi connectivity index (χ1v) is 9.23. The van der Waals surface area contributed by atoms with Crippen LogP contribution in [0.4, 0.5) is 0 Å². The molecule has 0 radical (unpaired) electrons. The van der Waals surface area contributed by atoms with Gasteiger partial charge in [-0.1, -0.05) is 18.2 Å². The number of piperidine rings is 1. The van der Waals surface area contributed by atoms with E-state index in [2.05, 4.69) is 34.5 Å². The zero-order chi connectivity index (χ0) is 16.4.